The van der Waals surface area contributed by atoms with Crippen molar-refractivity contribution in [1.82, 2.24) is 4.90 Å². The molecule has 0 spiro atoms. The quantitative estimate of drug-likeness (QED) is 0.470. The number of rotatable bonds is 0. The molecule has 0 atom stereocenters. The van der Waals surface area contributed by atoms with Gasteiger partial charge in [-0.05, 0) is 12.8 Å². The maximum atomic E-state index is 4.40. The van der Waals surface area contributed by atoms with Crippen LogP contribution in [0, 0.1) is 6.54 Å². The van der Waals surface area contributed by atoms with E-state index in [2.05, 4.69) is 16.4 Å². The molecular formula is C7H11N2. The second-order valence-electron chi connectivity index (χ2n) is 2.57. The molecule has 0 aliphatic carbocycles. The Morgan fingerprint density at radius 2 is 2.56 bits per heavy atom. The minimum atomic E-state index is 1.02. The third-order valence-corrected chi connectivity index (χ3v) is 1.90. The van der Waals surface area contributed by atoms with Gasteiger partial charge in [0.05, 0.1) is 12.4 Å². The van der Waals surface area contributed by atoms with E-state index in [1.807, 2.05) is 0 Å². The van der Waals surface area contributed by atoms with E-state index < -0.39 is 0 Å². The van der Waals surface area contributed by atoms with E-state index in [0.29, 0.717) is 0 Å². The second-order valence-corrected chi connectivity index (χ2v) is 2.57. The predicted molar refractivity (Wildman–Crippen MR) is 37.2 cm³/mol. The first-order valence-corrected chi connectivity index (χ1v) is 3.60. The summed E-state index contributed by atoms with van der Waals surface area (Å²) in [7, 11) is 0. The molecule has 0 saturated carbocycles. The lowest BCUT2D eigenvalue weighted by molar-refractivity contribution is 0.501. The van der Waals surface area contributed by atoms with Crippen molar-refractivity contribution in [3.05, 3.63) is 6.54 Å². The normalized spacial score (nSPS) is 25.8. The standard InChI is InChI=1S/C7H11N2/c1-3-7-8-4-2-6-9(7)5-1/h6H,1-5H2. The lowest BCUT2D eigenvalue weighted by atomic mass is 10.3. The summed E-state index contributed by atoms with van der Waals surface area (Å²) in [5.74, 6) is 1.32. The molecule has 0 amide bonds. The first-order chi connectivity index (χ1) is 4.47. The number of nitrogens with zero attached hydrogens (tertiary/aromatic N) is 2. The van der Waals surface area contributed by atoms with Gasteiger partial charge in [-0.2, -0.15) is 0 Å². The predicted octanol–water partition coefficient (Wildman–Crippen LogP) is 1.05. The van der Waals surface area contributed by atoms with Crippen LogP contribution < -0.4 is 0 Å². The van der Waals surface area contributed by atoms with Crippen molar-refractivity contribution in [2.75, 3.05) is 13.1 Å². The molecule has 0 aromatic carbocycles. The molecule has 0 N–H and O–H groups in total. The molecule has 0 aromatic heterocycles. The van der Waals surface area contributed by atoms with E-state index in [1.54, 1.807) is 0 Å². The van der Waals surface area contributed by atoms with Crippen LogP contribution in [0.25, 0.3) is 0 Å². The highest BCUT2D eigenvalue weighted by molar-refractivity contribution is 5.85. The molecule has 1 radical (unpaired) electrons. The summed E-state index contributed by atoms with van der Waals surface area (Å²) < 4.78 is 0. The van der Waals surface area contributed by atoms with Crippen molar-refractivity contribution >= 4 is 5.84 Å². The van der Waals surface area contributed by atoms with Crippen molar-refractivity contribution in [3.63, 3.8) is 0 Å². The van der Waals surface area contributed by atoms with Crippen molar-refractivity contribution in [3.8, 4) is 0 Å². The molecule has 2 nitrogen and oxygen atoms in total. The fourth-order valence-corrected chi connectivity index (χ4v) is 1.45. The van der Waals surface area contributed by atoms with Gasteiger partial charge >= 0.3 is 0 Å². The molecule has 49 valence electrons. The van der Waals surface area contributed by atoms with Crippen LogP contribution in [0.1, 0.15) is 19.3 Å². The third kappa shape index (κ3) is 0.824. The summed E-state index contributed by atoms with van der Waals surface area (Å²) in [4.78, 5) is 6.70. The van der Waals surface area contributed by atoms with Crippen LogP contribution in [-0.4, -0.2) is 23.8 Å². The summed E-state index contributed by atoms with van der Waals surface area (Å²) in [5.41, 5.74) is 0. The maximum Gasteiger partial charge on any atom is 0.0992 e. The van der Waals surface area contributed by atoms with Crippen LogP contribution in [-0.2, 0) is 0 Å². The van der Waals surface area contributed by atoms with E-state index in [4.69, 9.17) is 0 Å². The van der Waals surface area contributed by atoms with E-state index in [9.17, 15) is 0 Å². The van der Waals surface area contributed by atoms with Crippen LogP contribution in [0.3, 0.4) is 0 Å². The second kappa shape index (κ2) is 2.01. The van der Waals surface area contributed by atoms with Crippen molar-refractivity contribution in [1.29, 1.82) is 0 Å². The number of hydrogen-bond donors (Lipinski definition) is 0. The van der Waals surface area contributed by atoms with Gasteiger partial charge in [0.2, 0.25) is 0 Å². The van der Waals surface area contributed by atoms with Gasteiger partial charge < -0.3 is 4.90 Å². The number of amidine groups is 1. The third-order valence-electron chi connectivity index (χ3n) is 1.90. The zero-order chi connectivity index (χ0) is 6.10. The van der Waals surface area contributed by atoms with Crippen molar-refractivity contribution in [2.45, 2.75) is 19.3 Å². The minimum Gasteiger partial charge on any atom is -0.355 e. The Balaban J connectivity index is 2.16. The number of hydrogen-bond acceptors (Lipinski definition) is 2. The number of fused-ring (bicyclic) bond motifs is 1. The average Bonchev–Trinajstić information content (AvgIpc) is 2.33. The Labute approximate surface area is 55.6 Å². The Morgan fingerprint density at radius 3 is 3.44 bits per heavy atom. The van der Waals surface area contributed by atoms with E-state index in [-0.39, 0.29) is 0 Å². The zero-order valence-corrected chi connectivity index (χ0v) is 5.51. The molecule has 2 heteroatoms. The summed E-state index contributed by atoms with van der Waals surface area (Å²) in [6.07, 6.45) is 3.65. The van der Waals surface area contributed by atoms with Crippen LogP contribution in [0.2, 0.25) is 0 Å². The Morgan fingerprint density at radius 1 is 1.56 bits per heavy atom. The van der Waals surface area contributed by atoms with Gasteiger partial charge in [0.25, 0.3) is 0 Å². The summed E-state index contributed by atoms with van der Waals surface area (Å²) in [5, 5.41) is 0. The molecule has 2 aliphatic heterocycles. The lowest BCUT2D eigenvalue weighted by Crippen LogP contribution is -2.25. The van der Waals surface area contributed by atoms with Crippen molar-refractivity contribution < 1.29 is 0 Å². The van der Waals surface area contributed by atoms with Crippen LogP contribution in [0.15, 0.2) is 4.99 Å². The van der Waals surface area contributed by atoms with Gasteiger partial charge in [0, 0.05) is 19.5 Å². The Hall–Kier alpha value is -0.530. The molecule has 0 aromatic rings. The SMILES string of the molecule is [CH]1CCN=C2CCCN12. The van der Waals surface area contributed by atoms with Crippen LogP contribution in [0.5, 0.6) is 0 Å². The fraction of sp³-hybridized carbons (Fsp3) is 0.714. The van der Waals surface area contributed by atoms with E-state index in [1.165, 1.54) is 25.2 Å². The van der Waals surface area contributed by atoms with Crippen LogP contribution >= 0.6 is 0 Å². The summed E-state index contributed by atoms with van der Waals surface area (Å²) >= 11 is 0. The topological polar surface area (TPSA) is 15.6 Å². The van der Waals surface area contributed by atoms with Gasteiger partial charge in [-0.3, -0.25) is 4.99 Å². The summed E-state index contributed by atoms with van der Waals surface area (Å²) in [6, 6.07) is 0. The largest absolute Gasteiger partial charge is 0.355 e. The minimum absolute atomic E-state index is 1.02. The van der Waals surface area contributed by atoms with Crippen molar-refractivity contribution in [2.24, 2.45) is 4.99 Å². The average molecular weight is 123 g/mol. The van der Waals surface area contributed by atoms with Gasteiger partial charge in [-0.1, -0.05) is 0 Å². The molecular weight excluding hydrogens is 112 g/mol. The maximum absolute atomic E-state index is 4.40. The highest BCUT2D eigenvalue weighted by atomic mass is 15.2. The highest BCUT2D eigenvalue weighted by Crippen LogP contribution is 2.17. The smallest absolute Gasteiger partial charge is 0.0992 e. The molecule has 1 fully saturated rings. The molecule has 0 unspecified atom stereocenters. The first kappa shape index (κ1) is 5.27. The molecule has 0 bridgehead atoms. The molecule has 2 aliphatic rings. The van der Waals surface area contributed by atoms with Gasteiger partial charge in [-0.15, -0.1) is 0 Å². The van der Waals surface area contributed by atoms with Gasteiger partial charge in [0.1, 0.15) is 0 Å². The summed E-state index contributed by atoms with van der Waals surface area (Å²) in [6.45, 7) is 4.50. The molecule has 9 heavy (non-hydrogen) atoms. The fourth-order valence-electron chi connectivity index (χ4n) is 1.45. The molecule has 2 rings (SSSR count). The van der Waals surface area contributed by atoms with Gasteiger partial charge in [0.15, 0.2) is 0 Å². The first-order valence-electron chi connectivity index (χ1n) is 3.60. The molecule has 1 saturated heterocycles. The Bertz CT molecular complexity index is 140. The van der Waals surface area contributed by atoms with Crippen LogP contribution in [0.4, 0.5) is 0 Å². The van der Waals surface area contributed by atoms with Gasteiger partial charge in [-0.25, -0.2) is 0 Å². The monoisotopic (exact) mass is 123 g/mol. The highest BCUT2D eigenvalue weighted by Gasteiger charge is 2.19. The lowest BCUT2D eigenvalue weighted by Gasteiger charge is -2.21. The zero-order valence-electron chi connectivity index (χ0n) is 5.51. The van der Waals surface area contributed by atoms with E-state index >= 15 is 0 Å². The number of aliphatic imine (C=N–C) groups is 1. The molecule has 2 heterocycles. The Kier molecular flexibility index (Phi) is 1.18. The van der Waals surface area contributed by atoms with E-state index in [0.717, 1.165) is 13.0 Å².